The third-order valence-corrected chi connectivity index (χ3v) is 8.65. The maximum absolute atomic E-state index is 6.09. The number of hydrogen-bond donors (Lipinski definition) is 0. The monoisotopic (exact) mass is 444 g/mol. The molecule has 1 atom stereocenters. The third kappa shape index (κ3) is 5.24. The molecule has 4 nitrogen and oxygen atoms in total. The molecule has 1 unspecified atom stereocenters. The summed E-state index contributed by atoms with van der Waals surface area (Å²) in [6.07, 6.45) is 11.0. The van der Waals surface area contributed by atoms with E-state index in [2.05, 4.69) is 75.3 Å². The highest BCUT2D eigenvalue weighted by atomic mass is 16.7. The van der Waals surface area contributed by atoms with E-state index in [-0.39, 0.29) is 36.6 Å². The van der Waals surface area contributed by atoms with Crippen LogP contribution in [0.15, 0.2) is 22.6 Å². The topological polar surface area (TPSA) is 36.9 Å². The lowest BCUT2D eigenvalue weighted by atomic mass is 9.67. The van der Waals surface area contributed by atoms with Gasteiger partial charge in [-0.25, -0.2) is 0 Å². The standard InChI is InChI=1S/2C13H23BO2/c2*1-10-8-6-7-9-11(10)14-15-12(2,3)13(4,5)16-14/h6-9H2,1-5H3;9-10H,6-8H2,1-5H3. The Hall–Kier alpha value is -0.550. The normalized spacial score (nSPS) is 30.7. The minimum Gasteiger partial charge on any atom is -0.400 e. The van der Waals surface area contributed by atoms with E-state index < -0.39 is 0 Å². The summed E-state index contributed by atoms with van der Waals surface area (Å²) in [6.45, 7) is 21.4. The van der Waals surface area contributed by atoms with Crippen molar-refractivity contribution < 1.29 is 18.6 Å². The predicted molar refractivity (Wildman–Crippen MR) is 134 cm³/mol. The average Bonchev–Trinajstić information content (AvgIpc) is 3.02. The summed E-state index contributed by atoms with van der Waals surface area (Å²) < 4.78 is 24.4. The van der Waals surface area contributed by atoms with Crippen LogP contribution < -0.4 is 0 Å². The van der Waals surface area contributed by atoms with Crippen molar-refractivity contribution in [1.29, 1.82) is 0 Å². The van der Waals surface area contributed by atoms with Crippen molar-refractivity contribution in [1.82, 2.24) is 0 Å². The van der Waals surface area contributed by atoms with E-state index in [1.165, 1.54) is 55.0 Å². The molecule has 0 aromatic heterocycles. The Kier molecular flexibility index (Phi) is 7.53. The summed E-state index contributed by atoms with van der Waals surface area (Å²) in [7, 11) is -0.231. The molecule has 32 heavy (non-hydrogen) atoms. The summed E-state index contributed by atoms with van der Waals surface area (Å²) >= 11 is 0. The second-order valence-corrected chi connectivity index (χ2v) is 12.2. The zero-order valence-corrected chi connectivity index (χ0v) is 22.4. The maximum atomic E-state index is 6.09. The highest BCUT2D eigenvalue weighted by molar-refractivity contribution is 6.55. The van der Waals surface area contributed by atoms with E-state index in [1.54, 1.807) is 0 Å². The molecular weight excluding hydrogens is 398 g/mol. The highest BCUT2D eigenvalue weighted by Crippen LogP contribution is 2.42. The Morgan fingerprint density at radius 1 is 0.719 bits per heavy atom. The Bertz CT molecular complexity index is 719. The van der Waals surface area contributed by atoms with Crippen LogP contribution in [0.1, 0.15) is 114 Å². The number of allylic oxidation sites excluding steroid dienone is 4. The van der Waals surface area contributed by atoms with E-state index in [4.69, 9.17) is 18.6 Å². The first kappa shape index (κ1) is 26.1. The van der Waals surface area contributed by atoms with Gasteiger partial charge in [0.05, 0.1) is 22.4 Å². The molecule has 0 radical (unpaired) electrons. The van der Waals surface area contributed by atoms with Gasteiger partial charge in [-0.1, -0.05) is 18.6 Å². The first-order valence-electron chi connectivity index (χ1n) is 12.8. The van der Waals surface area contributed by atoms with Gasteiger partial charge in [0.1, 0.15) is 0 Å². The predicted octanol–water partition coefficient (Wildman–Crippen LogP) is 6.87. The molecule has 2 aliphatic heterocycles. The molecule has 0 aromatic carbocycles. The van der Waals surface area contributed by atoms with E-state index in [0.29, 0.717) is 5.92 Å². The van der Waals surface area contributed by atoms with Crippen LogP contribution >= 0.6 is 0 Å². The number of hydrogen-bond acceptors (Lipinski definition) is 4. The average molecular weight is 444 g/mol. The second-order valence-electron chi connectivity index (χ2n) is 12.2. The number of rotatable bonds is 2. The van der Waals surface area contributed by atoms with Crippen LogP contribution in [0.5, 0.6) is 0 Å². The van der Waals surface area contributed by atoms with Crippen LogP contribution in [-0.4, -0.2) is 36.6 Å². The lowest BCUT2D eigenvalue weighted by Gasteiger charge is -2.32. The Balaban J connectivity index is 0.000000181. The fraction of sp³-hybridized carbons (Fsp3) is 0.846. The fourth-order valence-corrected chi connectivity index (χ4v) is 4.75. The van der Waals surface area contributed by atoms with Gasteiger partial charge in [-0.3, -0.25) is 0 Å². The summed E-state index contributed by atoms with van der Waals surface area (Å²) in [4.78, 5) is 0. The maximum Gasteiger partial charge on any atom is 0.490 e. The van der Waals surface area contributed by atoms with Crippen LogP contribution in [0.2, 0.25) is 0 Å². The fourth-order valence-electron chi connectivity index (χ4n) is 4.75. The Morgan fingerprint density at radius 3 is 1.66 bits per heavy atom. The van der Waals surface area contributed by atoms with E-state index in [1.807, 2.05) is 0 Å². The molecule has 2 heterocycles. The van der Waals surface area contributed by atoms with Crippen molar-refractivity contribution in [3.63, 3.8) is 0 Å². The van der Waals surface area contributed by atoms with Crippen LogP contribution in [-0.2, 0) is 18.6 Å². The van der Waals surface area contributed by atoms with Crippen molar-refractivity contribution in [3.8, 4) is 0 Å². The van der Waals surface area contributed by atoms with E-state index >= 15 is 0 Å². The Labute approximate surface area is 198 Å². The molecule has 4 aliphatic rings. The van der Waals surface area contributed by atoms with Crippen LogP contribution in [0.4, 0.5) is 0 Å². The molecule has 0 aromatic rings. The molecule has 2 saturated heterocycles. The molecule has 6 heteroatoms. The molecule has 180 valence electrons. The third-order valence-electron chi connectivity index (χ3n) is 8.65. The summed E-state index contributed by atoms with van der Waals surface area (Å²) in [5.41, 5.74) is 3.38. The van der Waals surface area contributed by atoms with Gasteiger partial charge in [0.2, 0.25) is 0 Å². The van der Waals surface area contributed by atoms with Gasteiger partial charge in [0, 0.05) is 0 Å². The summed E-state index contributed by atoms with van der Waals surface area (Å²) in [5.74, 6) is 0.600. The highest BCUT2D eigenvalue weighted by Gasteiger charge is 2.53. The first-order chi connectivity index (χ1) is 14.7. The molecule has 4 rings (SSSR count). The molecule has 0 spiro atoms. The van der Waals surface area contributed by atoms with Gasteiger partial charge in [-0.05, 0) is 124 Å². The van der Waals surface area contributed by atoms with Gasteiger partial charge in [0.15, 0.2) is 0 Å². The summed E-state index contributed by atoms with van der Waals surface area (Å²) in [5, 5.41) is 0. The smallest absolute Gasteiger partial charge is 0.400 e. The van der Waals surface area contributed by atoms with Gasteiger partial charge in [-0.2, -0.15) is 0 Å². The quantitative estimate of drug-likeness (QED) is 0.436. The van der Waals surface area contributed by atoms with Crippen molar-refractivity contribution in [2.75, 3.05) is 0 Å². The van der Waals surface area contributed by atoms with Gasteiger partial charge < -0.3 is 18.6 Å². The molecule has 0 amide bonds. The lowest BCUT2D eigenvalue weighted by molar-refractivity contribution is 0.00578. The Morgan fingerprint density at radius 2 is 1.19 bits per heavy atom. The van der Waals surface area contributed by atoms with Crippen molar-refractivity contribution in [3.05, 3.63) is 22.6 Å². The molecular formula is C26H46B2O4. The van der Waals surface area contributed by atoms with Crippen LogP contribution in [0, 0.1) is 5.92 Å². The van der Waals surface area contributed by atoms with Gasteiger partial charge in [-0.15, -0.1) is 0 Å². The molecule has 0 bridgehead atoms. The van der Waals surface area contributed by atoms with Crippen molar-refractivity contribution >= 4 is 14.2 Å². The molecule has 0 saturated carbocycles. The molecule has 0 N–H and O–H groups in total. The lowest BCUT2D eigenvalue weighted by Crippen LogP contribution is -2.41. The minimum atomic E-state index is -0.213. The second kappa shape index (κ2) is 9.24. The summed E-state index contributed by atoms with van der Waals surface area (Å²) in [6, 6.07) is 0. The van der Waals surface area contributed by atoms with Crippen molar-refractivity contribution in [2.24, 2.45) is 5.92 Å². The largest absolute Gasteiger partial charge is 0.490 e. The first-order valence-corrected chi connectivity index (χ1v) is 12.8. The molecule has 2 aliphatic carbocycles. The van der Waals surface area contributed by atoms with E-state index in [9.17, 15) is 0 Å². The zero-order valence-electron chi connectivity index (χ0n) is 22.4. The van der Waals surface area contributed by atoms with Crippen LogP contribution in [0.3, 0.4) is 0 Å². The van der Waals surface area contributed by atoms with Gasteiger partial charge in [0.25, 0.3) is 0 Å². The zero-order chi connectivity index (χ0) is 23.9. The van der Waals surface area contributed by atoms with Gasteiger partial charge >= 0.3 is 14.2 Å². The minimum absolute atomic E-state index is 0.106. The molecule has 2 fully saturated rings. The van der Waals surface area contributed by atoms with E-state index in [0.717, 1.165) is 6.42 Å². The van der Waals surface area contributed by atoms with Crippen LogP contribution in [0.25, 0.3) is 0 Å². The van der Waals surface area contributed by atoms with Crippen molar-refractivity contribution in [2.45, 2.75) is 137 Å². The SMILES string of the molecule is CC1=C(B2OC(C)(C)C(C)(C)O2)CCCC1.CC1CCCC=C1B1OC(C)(C)C(C)(C)O1.